The number of hydrogen-bond acceptors (Lipinski definition) is 3. The van der Waals surface area contributed by atoms with E-state index in [1.165, 1.54) is 18.4 Å². The van der Waals surface area contributed by atoms with Crippen molar-refractivity contribution in [1.82, 2.24) is 14.8 Å². The van der Waals surface area contributed by atoms with E-state index in [1.807, 2.05) is 38.1 Å². The fraction of sp³-hybridized carbons (Fsp3) is 0.423. The maximum Gasteiger partial charge on any atom is 0.325 e. The highest BCUT2D eigenvalue weighted by molar-refractivity contribution is 6.11. The lowest BCUT2D eigenvalue weighted by molar-refractivity contribution is -0.130. The fourth-order valence-corrected chi connectivity index (χ4v) is 4.85. The number of urea groups is 1. The summed E-state index contributed by atoms with van der Waals surface area (Å²) >= 11 is 0. The molecular formula is C26H31N3O3. The predicted octanol–water partition coefficient (Wildman–Crippen LogP) is 4.65. The van der Waals surface area contributed by atoms with Crippen LogP contribution in [0.15, 0.2) is 48.0 Å². The predicted molar refractivity (Wildman–Crippen MR) is 123 cm³/mol. The number of amides is 3. The topological polar surface area (TPSA) is 71.4 Å². The van der Waals surface area contributed by atoms with Gasteiger partial charge in [0.05, 0.1) is 6.54 Å². The Hall–Kier alpha value is -3.15. The molecule has 1 aliphatic heterocycles. The number of nitrogens with one attached hydrogen (secondary N) is 1. The number of Topliss-reactive ketones (excluding diaryl/α,β-unsaturated/α-hetero) is 1. The number of carbonyl (C=O) groups excluding carboxylic acids is 3. The highest BCUT2D eigenvalue weighted by Gasteiger charge is 2.49. The quantitative estimate of drug-likeness (QED) is 0.393. The zero-order valence-corrected chi connectivity index (χ0v) is 19.1. The number of hydrogen-bond donors (Lipinski definition) is 1. The van der Waals surface area contributed by atoms with E-state index in [0.717, 1.165) is 42.1 Å². The molecule has 0 saturated carbocycles. The Morgan fingerprint density at radius 2 is 1.88 bits per heavy atom. The first kappa shape index (κ1) is 22.1. The molecule has 1 unspecified atom stereocenters. The van der Waals surface area contributed by atoms with Gasteiger partial charge in [-0.25, -0.2) is 4.79 Å². The Morgan fingerprint density at radius 3 is 2.56 bits per heavy atom. The lowest BCUT2D eigenvalue weighted by Crippen LogP contribution is -2.41. The van der Waals surface area contributed by atoms with E-state index in [4.69, 9.17) is 0 Å². The van der Waals surface area contributed by atoms with Gasteiger partial charge in [-0.3, -0.25) is 14.5 Å². The van der Waals surface area contributed by atoms with Crippen molar-refractivity contribution in [2.24, 2.45) is 0 Å². The van der Waals surface area contributed by atoms with Gasteiger partial charge in [-0.15, -0.1) is 0 Å². The van der Waals surface area contributed by atoms with Gasteiger partial charge >= 0.3 is 6.03 Å². The summed E-state index contributed by atoms with van der Waals surface area (Å²) in [5.74, 6) is -0.623. The SMILES string of the molecule is Cc1cc(C(=O)CN2C(=O)NC(C)(c3ccccc3)C2=O)c(C)n1CCC1=CCCCC1. The molecule has 1 aliphatic carbocycles. The minimum atomic E-state index is -1.16. The third-order valence-corrected chi connectivity index (χ3v) is 6.84. The second-order valence-electron chi connectivity index (χ2n) is 9.03. The van der Waals surface area contributed by atoms with E-state index in [9.17, 15) is 14.4 Å². The minimum absolute atomic E-state index is 0.220. The molecule has 1 saturated heterocycles. The van der Waals surface area contributed by atoms with E-state index in [1.54, 1.807) is 19.1 Å². The molecule has 1 aromatic carbocycles. The second kappa shape index (κ2) is 8.77. The van der Waals surface area contributed by atoms with Crippen LogP contribution in [-0.2, 0) is 16.9 Å². The molecule has 1 aromatic heterocycles. The second-order valence-corrected chi connectivity index (χ2v) is 9.03. The molecular weight excluding hydrogens is 402 g/mol. The van der Waals surface area contributed by atoms with Crippen molar-refractivity contribution < 1.29 is 14.4 Å². The summed E-state index contributed by atoms with van der Waals surface area (Å²) in [6, 6.07) is 10.5. The first-order valence-corrected chi connectivity index (χ1v) is 11.4. The number of benzene rings is 1. The molecule has 3 amide bonds. The van der Waals surface area contributed by atoms with Crippen molar-refractivity contribution in [1.29, 1.82) is 0 Å². The van der Waals surface area contributed by atoms with Crippen molar-refractivity contribution in [3.63, 3.8) is 0 Å². The van der Waals surface area contributed by atoms with Gasteiger partial charge in [-0.2, -0.15) is 0 Å². The number of carbonyl (C=O) groups is 3. The van der Waals surface area contributed by atoms with Crippen molar-refractivity contribution in [3.8, 4) is 0 Å². The van der Waals surface area contributed by atoms with Crippen LogP contribution in [0.2, 0.25) is 0 Å². The van der Waals surface area contributed by atoms with Gasteiger partial charge < -0.3 is 9.88 Å². The smallest absolute Gasteiger partial charge is 0.325 e. The summed E-state index contributed by atoms with van der Waals surface area (Å²) in [6.45, 7) is 6.20. The Labute approximate surface area is 189 Å². The first-order chi connectivity index (χ1) is 15.3. The molecule has 1 fully saturated rings. The molecule has 2 aromatic rings. The number of allylic oxidation sites excluding steroid dienone is 2. The Morgan fingerprint density at radius 1 is 1.12 bits per heavy atom. The number of nitrogens with zero attached hydrogens (tertiary/aromatic N) is 2. The third-order valence-electron chi connectivity index (χ3n) is 6.84. The van der Waals surface area contributed by atoms with Crippen LogP contribution in [0, 0.1) is 13.8 Å². The average molecular weight is 434 g/mol. The van der Waals surface area contributed by atoms with Crippen LogP contribution < -0.4 is 5.32 Å². The monoisotopic (exact) mass is 433 g/mol. The Kier molecular flexibility index (Phi) is 6.04. The fourth-order valence-electron chi connectivity index (χ4n) is 4.85. The van der Waals surface area contributed by atoms with Crippen LogP contribution in [0.1, 0.15) is 66.3 Å². The van der Waals surface area contributed by atoms with Gasteiger partial charge in [0.2, 0.25) is 0 Å². The highest BCUT2D eigenvalue weighted by atomic mass is 16.2. The summed E-state index contributed by atoms with van der Waals surface area (Å²) in [4.78, 5) is 39.9. The number of aryl methyl sites for hydroxylation is 1. The summed E-state index contributed by atoms with van der Waals surface area (Å²) in [7, 11) is 0. The molecule has 0 bridgehead atoms. The van der Waals surface area contributed by atoms with Crippen LogP contribution in [0.3, 0.4) is 0 Å². The molecule has 0 spiro atoms. The number of ketones is 1. The lowest BCUT2D eigenvalue weighted by atomic mass is 9.92. The summed E-state index contributed by atoms with van der Waals surface area (Å²) in [5, 5.41) is 2.76. The van der Waals surface area contributed by atoms with E-state index >= 15 is 0 Å². The largest absolute Gasteiger partial charge is 0.348 e. The van der Waals surface area contributed by atoms with Crippen LogP contribution in [0.25, 0.3) is 0 Å². The summed E-state index contributed by atoms with van der Waals surface area (Å²) in [5.41, 5.74) is 3.52. The molecule has 0 radical (unpaired) electrons. The minimum Gasteiger partial charge on any atom is -0.348 e. The van der Waals surface area contributed by atoms with Crippen molar-refractivity contribution in [2.75, 3.05) is 6.54 Å². The Balaban J connectivity index is 1.49. The van der Waals surface area contributed by atoms with Gasteiger partial charge in [0.25, 0.3) is 5.91 Å². The van der Waals surface area contributed by atoms with E-state index < -0.39 is 17.5 Å². The summed E-state index contributed by atoms with van der Waals surface area (Å²) in [6.07, 6.45) is 8.20. The van der Waals surface area contributed by atoms with Gasteiger partial charge in [0.1, 0.15) is 5.54 Å². The van der Waals surface area contributed by atoms with Crippen molar-refractivity contribution in [2.45, 2.75) is 65.0 Å². The molecule has 1 N–H and O–H groups in total. The standard InChI is InChI=1S/C26H31N3O3/c1-18-16-22(19(2)28(18)15-14-20-10-6-4-7-11-20)23(30)17-29-24(31)26(3,27-25(29)32)21-12-8-5-9-13-21/h5,8-10,12-13,16H,4,6-7,11,14-15,17H2,1-3H3,(H,27,32). The number of imide groups is 1. The molecule has 168 valence electrons. The van der Waals surface area contributed by atoms with Gasteiger partial charge in [-0.1, -0.05) is 42.0 Å². The van der Waals surface area contributed by atoms with Crippen LogP contribution in [0.4, 0.5) is 4.79 Å². The van der Waals surface area contributed by atoms with Crippen LogP contribution in [0.5, 0.6) is 0 Å². The molecule has 4 rings (SSSR count). The Bertz CT molecular complexity index is 1080. The normalized spacial score (nSPS) is 21.0. The van der Waals surface area contributed by atoms with E-state index in [0.29, 0.717) is 11.1 Å². The van der Waals surface area contributed by atoms with Gasteiger partial charge in [0.15, 0.2) is 5.78 Å². The molecule has 2 heterocycles. The zero-order chi connectivity index (χ0) is 22.9. The lowest BCUT2D eigenvalue weighted by Gasteiger charge is -2.22. The highest BCUT2D eigenvalue weighted by Crippen LogP contribution is 2.29. The van der Waals surface area contributed by atoms with Gasteiger partial charge in [-0.05, 0) is 64.5 Å². The van der Waals surface area contributed by atoms with Crippen molar-refractivity contribution in [3.05, 3.63) is 70.6 Å². The maximum absolute atomic E-state index is 13.1. The molecule has 6 heteroatoms. The average Bonchev–Trinajstić information content (AvgIpc) is 3.21. The summed E-state index contributed by atoms with van der Waals surface area (Å²) < 4.78 is 2.17. The number of aromatic nitrogens is 1. The maximum atomic E-state index is 13.1. The van der Waals surface area contributed by atoms with E-state index in [-0.39, 0.29) is 12.3 Å². The molecule has 32 heavy (non-hydrogen) atoms. The van der Waals surface area contributed by atoms with Crippen LogP contribution in [-0.4, -0.2) is 33.7 Å². The first-order valence-electron chi connectivity index (χ1n) is 11.4. The molecule has 6 nitrogen and oxygen atoms in total. The molecule has 1 atom stereocenters. The molecule has 2 aliphatic rings. The van der Waals surface area contributed by atoms with Crippen LogP contribution >= 0.6 is 0 Å². The van der Waals surface area contributed by atoms with Crippen molar-refractivity contribution >= 4 is 17.7 Å². The van der Waals surface area contributed by atoms with E-state index in [2.05, 4.69) is 16.0 Å². The third kappa shape index (κ3) is 4.01. The zero-order valence-electron chi connectivity index (χ0n) is 19.1. The van der Waals surface area contributed by atoms with Gasteiger partial charge in [0, 0.05) is 23.5 Å². The number of rotatable bonds is 7.